The van der Waals surface area contributed by atoms with Crippen LogP contribution in [-0.2, 0) is 31.0 Å². The molecular formula is C24H27NO9. The number of carboxylic acids is 1. The maximum atomic E-state index is 12.7. The van der Waals surface area contributed by atoms with Crippen LogP contribution in [0, 0.1) is 5.92 Å². The van der Waals surface area contributed by atoms with Gasteiger partial charge in [0.1, 0.15) is 17.9 Å². The zero-order valence-corrected chi connectivity index (χ0v) is 18.6. The summed E-state index contributed by atoms with van der Waals surface area (Å²) in [5.74, 6) is -2.88. The number of hydrogen-bond donors (Lipinski definition) is 5. The molecule has 0 aromatic heterocycles. The first-order chi connectivity index (χ1) is 16.1. The van der Waals surface area contributed by atoms with Crippen LogP contribution in [0.3, 0.4) is 0 Å². The molecule has 10 nitrogen and oxygen atoms in total. The topological polar surface area (TPSA) is 163 Å². The molecule has 1 spiro atoms. The molecule has 0 unspecified atom stereocenters. The number of nitrogens with one attached hydrogen (secondary N) is 1. The fraction of sp³-hybridized carbons (Fsp3) is 0.542. The molecule has 0 radical (unpaired) electrons. The van der Waals surface area contributed by atoms with Crippen LogP contribution in [0.1, 0.15) is 50.2 Å². The van der Waals surface area contributed by atoms with E-state index in [9.17, 15) is 34.8 Å². The fourth-order valence-corrected chi connectivity index (χ4v) is 6.36. The van der Waals surface area contributed by atoms with Gasteiger partial charge in [-0.25, -0.2) is 4.79 Å². The Morgan fingerprint density at radius 2 is 2.09 bits per heavy atom. The summed E-state index contributed by atoms with van der Waals surface area (Å²) in [5, 5.41) is 43.2. The molecule has 1 fully saturated rings. The van der Waals surface area contributed by atoms with E-state index >= 15 is 0 Å². The highest BCUT2D eigenvalue weighted by Gasteiger charge is 2.70. The molecule has 1 aliphatic heterocycles. The van der Waals surface area contributed by atoms with E-state index < -0.39 is 53.5 Å². The van der Waals surface area contributed by atoms with E-state index in [2.05, 4.69) is 5.32 Å². The van der Waals surface area contributed by atoms with E-state index in [0.29, 0.717) is 12.8 Å². The van der Waals surface area contributed by atoms with Crippen LogP contribution in [0.15, 0.2) is 24.0 Å². The monoisotopic (exact) mass is 473 g/mol. The lowest BCUT2D eigenvalue weighted by Crippen LogP contribution is -2.67. The number of benzene rings is 1. The minimum Gasteiger partial charge on any atom is -0.504 e. The summed E-state index contributed by atoms with van der Waals surface area (Å²) >= 11 is 0. The normalized spacial score (nSPS) is 31.9. The molecule has 34 heavy (non-hydrogen) atoms. The van der Waals surface area contributed by atoms with Crippen LogP contribution < -0.4 is 10.1 Å². The Labute approximate surface area is 195 Å². The van der Waals surface area contributed by atoms with Gasteiger partial charge in [0.2, 0.25) is 5.91 Å². The number of aliphatic carboxylic acids is 1. The predicted octanol–water partition coefficient (Wildman–Crippen LogP) is 0.649. The largest absolute Gasteiger partial charge is 0.504 e. The average Bonchev–Trinajstić information content (AvgIpc) is 3.12. The first kappa shape index (κ1) is 22.7. The molecular weight excluding hydrogens is 446 g/mol. The minimum absolute atomic E-state index is 0.00378. The van der Waals surface area contributed by atoms with E-state index in [1.54, 1.807) is 12.1 Å². The molecule has 1 amide bonds. The summed E-state index contributed by atoms with van der Waals surface area (Å²) in [6.45, 7) is 1.18. The molecule has 10 heteroatoms. The SMILES string of the molecule is C[C@H](O)C(=O)N[C@@H](CC(=O)OC1=CC[C@@]2(O)[C@@H]3CCC[C@@]24c2c(ccc(O)c2O[C@@H]14)C3)C(=O)O. The van der Waals surface area contributed by atoms with Gasteiger partial charge in [-0.1, -0.05) is 12.5 Å². The van der Waals surface area contributed by atoms with Crippen LogP contribution in [0.5, 0.6) is 11.5 Å². The number of carbonyl (C=O) groups excluding carboxylic acids is 2. The van der Waals surface area contributed by atoms with Gasteiger partial charge in [-0.15, -0.1) is 0 Å². The Balaban J connectivity index is 1.44. The quantitative estimate of drug-likeness (QED) is 0.373. The molecule has 182 valence electrons. The lowest BCUT2D eigenvalue weighted by Gasteiger charge is -2.59. The van der Waals surface area contributed by atoms with Crippen molar-refractivity contribution >= 4 is 17.8 Å². The fourth-order valence-electron chi connectivity index (χ4n) is 6.36. The number of rotatable bonds is 6. The standard InChI is InChI=1S/C24H27NO9/c1-11(26)21(29)25-14(22(30)31)10-17(28)33-16-6-8-24(32)13-3-2-7-23(24)18-12(9-13)4-5-15(27)19(18)34-20(16)23/h4-6,11,13-14,20,26-27,32H,2-3,7-10H2,1H3,(H,25,29)(H,30,31)/t11-,13+,14-,20-,23-,24+/m0/s1. The van der Waals surface area contributed by atoms with Gasteiger partial charge >= 0.3 is 11.9 Å². The molecule has 3 aliphatic carbocycles. The van der Waals surface area contributed by atoms with Crippen molar-refractivity contribution in [2.24, 2.45) is 5.92 Å². The van der Waals surface area contributed by atoms with Gasteiger partial charge in [-0.2, -0.15) is 0 Å². The van der Waals surface area contributed by atoms with E-state index in [1.165, 1.54) is 6.92 Å². The Bertz CT molecular complexity index is 1110. The van der Waals surface area contributed by atoms with Gasteiger partial charge in [-0.05, 0) is 56.2 Å². The zero-order valence-electron chi connectivity index (χ0n) is 18.6. The molecule has 1 aromatic rings. The number of carboxylic acid groups (broad SMARTS) is 1. The van der Waals surface area contributed by atoms with Crippen LogP contribution in [0.25, 0.3) is 0 Å². The molecule has 1 aromatic carbocycles. The molecule has 0 saturated heterocycles. The number of aliphatic hydroxyl groups excluding tert-OH is 1. The highest BCUT2D eigenvalue weighted by atomic mass is 16.6. The van der Waals surface area contributed by atoms with Gasteiger partial charge in [0.05, 0.1) is 17.4 Å². The highest BCUT2D eigenvalue weighted by Crippen LogP contribution is 2.67. The third-order valence-electron chi connectivity index (χ3n) is 7.86. The third kappa shape index (κ3) is 3.05. The zero-order chi connectivity index (χ0) is 24.4. The lowest BCUT2D eigenvalue weighted by atomic mass is 9.47. The summed E-state index contributed by atoms with van der Waals surface area (Å²) in [4.78, 5) is 35.9. The van der Waals surface area contributed by atoms with Crippen molar-refractivity contribution in [3.8, 4) is 11.5 Å². The van der Waals surface area contributed by atoms with Crippen molar-refractivity contribution < 1.29 is 44.3 Å². The molecule has 2 bridgehead atoms. The number of carbonyl (C=O) groups is 3. The lowest BCUT2D eigenvalue weighted by molar-refractivity contribution is -0.161. The number of phenolic OH excluding ortho intramolecular Hbond substituents is 1. The smallest absolute Gasteiger partial charge is 0.326 e. The number of phenols is 1. The summed E-state index contributed by atoms with van der Waals surface area (Å²) in [6, 6.07) is 1.84. The minimum atomic E-state index is -1.58. The maximum absolute atomic E-state index is 12.7. The number of hydrogen-bond acceptors (Lipinski definition) is 8. The van der Waals surface area contributed by atoms with Gasteiger partial charge in [0, 0.05) is 5.56 Å². The average molecular weight is 473 g/mol. The molecule has 5 N–H and O–H groups in total. The van der Waals surface area contributed by atoms with Crippen molar-refractivity contribution in [1.29, 1.82) is 0 Å². The summed E-state index contributed by atoms with van der Waals surface area (Å²) in [5.41, 5.74) is -0.226. The van der Waals surface area contributed by atoms with Gasteiger partial charge in [0.25, 0.3) is 0 Å². The number of esters is 1. The van der Waals surface area contributed by atoms with Crippen molar-refractivity contribution in [2.45, 2.75) is 74.7 Å². The molecule has 4 aliphatic rings. The molecule has 1 saturated carbocycles. The number of aromatic hydroxyl groups is 1. The van der Waals surface area contributed by atoms with Gasteiger partial charge < -0.3 is 35.2 Å². The first-order valence-electron chi connectivity index (χ1n) is 11.4. The highest BCUT2D eigenvalue weighted by molar-refractivity contribution is 5.88. The van der Waals surface area contributed by atoms with Gasteiger partial charge in [-0.3, -0.25) is 9.59 Å². The van der Waals surface area contributed by atoms with E-state index in [4.69, 9.17) is 9.47 Å². The summed E-state index contributed by atoms with van der Waals surface area (Å²) in [7, 11) is 0. The summed E-state index contributed by atoms with van der Waals surface area (Å²) in [6.07, 6.45) is 1.84. The number of amides is 1. The molecule has 5 rings (SSSR count). The Kier molecular flexibility index (Phi) is 5.14. The number of ether oxygens (including phenoxy) is 2. The first-order valence-corrected chi connectivity index (χ1v) is 11.4. The van der Waals surface area contributed by atoms with Crippen LogP contribution >= 0.6 is 0 Å². The van der Waals surface area contributed by atoms with Gasteiger partial charge in [0.15, 0.2) is 17.6 Å². The third-order valence-corrected chi connectivity index (χ3v) is 7.86. The predicted molar refractivity (Wildman–Crippen MR) is 115 cm³/mol. The second-order valence-electron chi connectivity index (χ2n) is 9.70. The van der Waals surface area contributed by atoms with Crippen molar-refractivity contribution in [3.63, 3.8) is 0 Å². The Hall–Kier alpha value is -3.11. The van der Waals surface area contributed by atoms with Crippen molar-refractivity contribution in [2.75, 3.05) is 0 Å². The summed E-state index contributed by atoms with van der Waals surface area (Å²) < 4.78 is 11.7. The van der Waals surface area contributed by atoms with E-state index in [1.807, 2.05) is 6.07 Å². The Morgan fingerprint density at radius 3 is 2.79 bits per heavy atom. The molecule has 1 heterocycles. The number of aliphatic hydroxyl groups is 2. The van der Waals surface area contributed by atoms with Crippen molar-refractivity contribution in [3.05, 3.63) is 35.1 Å². The van der Waals surface area contributed by atoms with E-state index in [0.717, 1.165) is 24.0 Å². The van der Waals surface area contributed by atoms with Crippen LogP contribution in [0.2, 0.25) is 0 Å². The van der Waals surface area contributed by atoms with Crippen LogP contribution in [0.4, 0.5) is 0 Å². The maximum Gasteiger partial charge on any atom is 0.326 e. The van der Waals surface area contributed by atoms with E-state index in [-0.39, 0.29) is 29.6 Å². The van der Waals surface area contributed by atoms with Crippen molar-refractivity contribution in [1.82, 2.24) is 5.32 Å². The van der Waals surface area contributed by atoms with Crippen LogP contribution in [-0.4, -0.2) is 62.1 Å². The Morgan fingerprint density at radius 1 is 1.32 bits per heavy atom. The second-order valence-corrected chi connectivity index (χ2v) is 9.70. The second kappa shape index (κ2) is 7.71. The molecule has 6 atom stereocenters.